The molecule has 0 radical (unpaired) electrons. The summed E-state index contributed by atoms with van der Waals surface area (Å²) in [4.78, 5) is 2.46. The molecule has 0 amide bonds. The second-order valence-electron chi connectivity index (χ2n) is 5.77. The maximum atomic E-state index is 6.12. The van der Waals surface area contributed by atoms with Gasteiger partial charge in [0.25, 0.3) is 0 Å². The average Bonchev–Trinajstić information content (AvgIpc) is 3.02. The zero-order valence-corrected chi connectivity index (χ0v) is 13.5. The van der Waals surface area contributed by atoms with E-state index < -0.39 is 0 Å². The molecule has 4 nitrogen and oxygen atoms in total. The number of hydrogen-bond donors (Lipinski definition) is 0. The molecule has 0 saturated carbocycles. The molecule has 0 spiro atoms. The lowest BCUT2D eigenvalue weighted by atomic mass is 10.1. The van der Waals surface area contributed by atoms with E-state index in [1.165, 1.54) is 0 Å². The number of alkyl halides is 1. The highest BCUT2D eigenvalue weighted by Gasteiger charge is 2.18. The van der Waals surface area contributed by atoms with Crippen LogP contribution in [0.3, 0.4) is 0 Å². The molecule has 0 bridgehead atoms. The molecule has 118 valence electrons. The lowest BCUT2D eigenvalue weighted by Crippen LogP contribution is -2.35. The van der Waals surface area contributed by atoms with Gasteiger partial charge in [0.05, 0.1) is 13.2 Å². The zero-order valence-electron chi connectivity index (χ0n) is 12.7. The smallest absolute Gasteiger partial charge is 0.238 e. The van der Waals surface area contributed by atoms with Gasteiger partial charge in [-0.2, -0.15) is 5.11 Å². The molecule has 22 heavy (non-hydrogen) atoms. The molecular weight excluding hydrogens is 298 g/mol. The molecule has 0 aromatic heterocycles. The summed E-state index contributed by atoms with van der Waals surface area (Å²) in [6.45, 7) is 4.57. The Labute approximate surface area is 136 Å². The summed E-state index contributed by atoms with van der Waals surface area (Å²) < 4.78 is 5.85. The maximum absolute atomic E-state index is 6.12. The topological polar surface area (TPSA) is 37.2 Å². The highest BCUT2D eigenvalue weighted by molar-refractivity contribution is 6.20. The van der Waals surface area contributed by atoms with Crippen molar-refractivity contribution in [3.05, 3.63) is 41.8 Å². The molecule has 2 aliphatic heterocycles. The van der Waals surface area contributed by atoms with Gasteiger partial charge in [0, 0.05) is 17.5 Å². The largest absolute Gasteiger partial charge is 0.476 e. The van der Waals surface area contributed by atoms with Crippen LogP contribution in [0.5, 0.6) is 0 Å². The predicted octanol–water partition coefficient (Wildman–Crippen LogP) is 3.93. The average molecular weight is 320 g/mol. The Balaban J connectivity index is 1.45. The fourth-order valence-electron chi connectivity index (χ4n) is 2.85. The maximum Gasteiger partial charge on any atom is 0.238 e. The van der Waals surface area contributed by atoms with E-state index in [2.05, 4.69) is 27.3 Å². The third-order valence-electron chi connectivity index (χ3n) is 4.15. The monoisotopic (exact) mass is 319 g/mol. The molecule has 0 aliphatic carbocycles. The standard InChI is InChI=1S/C17H22ClN3O/c18-15-7-10-21(11-8-15)9-4-12-22-17-16(13-19-20-17)14-5-2-1-3-6-14/h1-3,5-6,15H,4,7-13H2. The molecule has 0 N–H and O–H groups in total. The minimum atomic E-state index is 0.366. The van der Waals surface area contributed by atoms with E-state index in [9.17, 15) is 0 Å². The summed E-state index contributed by atoms with van der Waals surface area (Å²) in [5.41, 5.74) is 2.23. The van der Waals surface area contributed by atoms with Crippen LogP contribution >= 0.6 is 11.6 Å². The van der Waals surface area contributed by atoms with Crippen molar-refractivity contribution in [3.8, 4) is 0 Å². The Kier molecular flexibility index (Phi) is 5.46. The summed E-state index contributed by atoms with van der Waals surface area (Å²) in [5, 5.41) is 8.61. The van der Waals surface area contributed by atoms with Crippen molar-refractivity contribution < 1.29 is 4.74 Å². The number of hydrogen-bond acceptors (Lipinski definition) is 4. The van der Waals surface area contributed by atoms with Crippen molar-refractivity contribution in [2.24, 2.45) is 10.2 Å². The van der Waals surface area contributed by atoms with E-state index in [0.29, 0.717) is 24.4 Å². The molecule has 1 saturated heterocycles. The number of benzene rings is 1. The van der Waals surface area contributed by atoms with Crippen molar-refractivity contribution in [1.82, 2.24) is 4.90 Å². The van der Waals surface area contributed by atoms with Crippen LogP contribution in [-0.4, -0.2) is 43.1 Å². The molecule has 3 rings (SSSR count). The van der Waals surface area contributed by atoms with Crippen molar-refractivity contribution in [1.29, 1.82) is 0 Å². The van der Waals surface area contributed by atoms with Crippen LogP contribution in [0, 0.1) is 0 Å². The van der Waals surface area contributed by atoms with Crippen LogP contribution in [0.25, 0.3) is 5.57 Å². The first-order valence-electron chi connectivity index (χ1n) is 7.98. The predicted molar refractivity (Wildman–Crippen MR) is 89.0 cm³/mol. The number of rotatable bonds is 6. The lowest BCUT2D eigenvalue weighted by molar-refractivity contribution is 0.170. The van der Waals surface area contributed by atoms with E-state index in [1.54, 1.807) is 0 Å². The Morgan fingerprint density at radius 1 is 1.18 bits per heavy atom. The van der Waals surface area contributed by atoms with E-state index in [1.807, 2.05) is 18.2 Å². The van der Waals surface area contributed by atoms with Gasteiger partial charge >= 0.3 is 0 Å². The molecule has 0 atom stereocenters. The second kappa shape index (κ2) is 7.75. The second-order valence-corrected chi connectivity index (χ2v) is 6.38. The number of azo groups is 1. The fourth-order valence-corrected chi connectivity index (χ4v) is 3.05. The van der Waals surface area contributed by atoms with Crippen LogP contribution in [0.2, 0.25) is 0 Å². The third-order valence-corrected chi connectivity index (χ3v) is 4.58. The molecule has 2 aliphatic rings. The molecule has 5 heteroatoms. The molecule has 2 heterocycles. The van der Waals surface area contributed by atoms with E-state index >= 15 is 0 Å². The van der Waals surface area contributed by atoms with Crippen molar-refractivity contribution in [2.45, 2.75) is 24.6 Å². The Morgan fingerprint density at radius 3 is 2.73 bits per heavy atom. The molecule has 1 fully saturated rings. The fraction of sp³-hybridized carbons (Fsp3) is 0.529. The van der Waals surface area contributed by atoms with Gasteiger partial charge in [0.1, 0.15) is 0 Å². The van der Waals surface area contributed by atoms with Gasteiger partial charge in [-0.3, -0.25) is 0 Å². The number of halogens is 1. The van der Waals surface area contributed by atoms with Gasteiger partial charge < -0.3 is 9.64 Å². The summed E-state index contributed by atoms with van der Waals surface area (Å²) >= 11 is 6.12. The van der Waals surface area contributed by atoms with Crippen molar-refractivity contribution in [2.75, 3.05) is 32.8 Å². The summed E-state index contributed by atoms with van der Waals surface area (Å²) in [6.07, 6.45) is 3.20. The summed E-state index contributed by atoms with van der Waals surface area (Å²) in [5.74, 6) is 0.686. The number of piperidine rings is 1. The van der Waals surface area contributed by atoms with Crippen LogP contribution in [-0.2, 0) is 4.74 Å². The highest BCUT2D eigenvalue weighted by atomic mass is 35.5. The molecule has 0 unspecified atom stereocenters. The Bertz CT molecular complexity index is 536. The first-order chi connectivity index (χ1) is 10.8. The number of ether oxygens (including phenoxy) is 1. The van der Waals surface area contributed by atoms with Gasteiger partial charge in [-0.15, -0.1) is 16.7 Å². The van der Waals surface area contributed by atoms with E-state index in [-0.39, 0.29) is 0 Å². The quantitative estimate of drug-likeness (QED) is 0.588. The first-order valence-corrected chi connectivity index (χ1v) is 8.42. The van der Waals surface area contributed by atoms with Crippen LogP contribution in [0.15, 0.2) is 46.4 Å². The SMILES string of the molecule is ClC1CCN(CCCOC2=C(c3ccccc3)CN=N2)CC1. The molecular formula is C17H22ClN3O. The van der Waals surface area contributed by atoms with E-state index in [0.717, 1.165) is 50.0 Å². The Morgan fingerprint density at radius 2 is 1.95 bits per heavy atom. The van der Waals surface area contributed by atoms with Gasteiger partial charge in [-0.25, -0.2) is 0 Å². The van der Waals surface area contributed by atoms with Crippen LogP contribution in [0.1, 0.15) is 24.8 Å². The molecule has 1 aromatic rings. The van der Waals surface area contributed by atoms with Crippen LogP contribution in [0.4, 0.5) is 0 Å². The third kappa shape index (κ3) is 4.08. The minimum Gasteiger partial charge on any atom is -0.476 e. The highest BCUT2D eigenvalue weighted by Crippen LogP contribution is 2.26. The Hall–Kier alpha value is -1.39. The lowest BCUT2D eigenvalue weighted by Gasteiger charge is -2.28. The normalized spacial score (nSPS) is 19.9. The van der Waals surface area contributed by atoms with Crippen LogP contribution < -0.4 is 0 Å². The van der Waals surface area contributed by atoms with Crippen molar-refractivity contribution in [3.63, 3.8) is 0 Å². The minimum absolute atomic E-state index is 0.366. The summed E-state index contributed by atoms with van der Waals surface area (Å²) in [6, 6.07) is 10.2. The van der Waals surface area contributed by atoms with Crippen molar-refractivity contribution >= 4 is 17.2 Å². The number of nitrogens with zero attached hydrogens (tertiary/aromatic N) is 3. The van der Waals surface area contributed by atoms with Gasteiger partial charge in [0.15, 0.2) is 0 Å². The number of likely N-dealkylation sites (tertiary alicyclic amines) is 1. The van der Waals surface area contributed by atoms with Gasteiger partial charge in [-0.05, 0) is 37.9 Å². The zero-order chi connectivity index (χ0) is 15.2. The summed E-state index contributed by atoms with van der Waals surface area (Å²) in [7, 11) is 0. The van der Waals surface area contributed by atoms with Gasteiger partial charge in [-0.1, -0.05) is 30.3 Å². The molecule has 1 aromatic carbocycles. The first kappa shape index (κ1) is 15.5. The van der Waals surface area contributed by atoms with Gasteiger partial charge in [0.2, 0.25) is 5.88 Å². The van der Waals surface area contributed by atoms with E-state index in [4.69, 9.17) is 16.3 Å².